The van der Waals surface area contributed by atoms with E-state index in [0.29, 0.717) is 12.8 Å². The molecule has 0 unspecified atom stereocenters. The van der Waals surface area contributed by atoms with Crippen molar-refractivity contribution in [1.29, 1.82) is 0 Å². The molecule has 1 aromatic heterocycles. The fourth-order valence-corrected chi connectivity index (χ4v) is 3.70. The number of carbonyl (C=O) groups is 1. The number of carbonyl (C=O) groups excluding carboxylic acids is 1. The Balaban J connectivity index is 1.52. The van der Waals surface area contributed by atoms with Crippen LogP contribution in [-0.4, -0.2) is 54.4 Å². The molecule has 1 aromatic carbocycles. The van der Waals surface area contributed by atoms with Gasteiger partial charge in [-0.05, 0) is 24.6 Å². The minimum Gasteiger partial charge on any atom is -0.467 e. The Bertz CT molecular complexity index is 810. The third kappa shape index (κ3) is 3.96. The predicted octanol–water partition coefficient (Wildman–Crippen LogP) is 2.99. The van der Waals surface area contributed by atoms with Gasteiger partial charge in [-0.25, -0.2) is 5.01 Å². The highest BCUT2D eigenvalue weighted by molar-refractivity contribution is 6.04. The summed E-state index contributed by atoms with van der Waals surface area (Å²) in [5.41, 5.74) is 3.20. The summed E-state index contributed by atoms with van der Waals surface area (Å²) in [7, 11) is 0. The molecule has 0 spiro atoms. The summed E-state index contributed by atoms with van der Waals surface area (Å²) < 4.78 is 11.0. The van der Waals surface area contributed by atoms with E-state index >= 15 is 0 Å². The monoisotopic (exact) mass is 367 g/mol. The predicted molar refractivity (Wildman–Crippen MR) is 103 cm³/mol. The van der Waals surface area contributed by atoms with Crippen molar-refractivity contribution in [3.05, 3.63) is 59.5 Å². The van der Waals surface area contributed by atoms with E-state index < -0.39 is 0 Å². The van der Waals surface area contributed by atoms with Gasteiger partial charge in [0, 0.05) is 38.0 Å². The molecule has 2 aliphatic rings. The number of aryl methyl sites for hydroxylation is 1. The highest BCUT2D eigenvalue weighted by atomic mass is 16.5. The van der Waals surface area contributed by atoms with E-state index in [0.717, 1.165) is 55.4 Å². The Morgan fingerprint density at radius 1 is 1.19 bits per heavy atom. The molecule has 1 fully saturated rings. The first-order valence-electron chi connectivity index (χ1n) is 9.51. The summed E-state index contributed by atoms with van der Waals surface area (Å²) in [5.74, 6) is 0.813. The van der Waals surface area contributed by atoms with E-state index in [9.17, 15) is 4.79 Å². The van der Waals surface area contributed by atoms with Gasteiger partial charge in [0.25, 0.3) is 0 Å². The van der Waals surface area contributed by atoms with E-state index in [2.05, 4.69) is 24.0 Å². The number of morpholine rings is 1. The molecule has 0 bridgehead atoms. The van der Waals surface area contributed by atoms with Crippen molar-refractivity contribution >= 4 is 11.6 Å². The number of hydrogen-bond donors (Lipinski definition) is 0. The van der Waals surface area contributed by atoms with Gasteiger partial charge < -0.3 is 9.15 Å². The molecular weight excluding hydrogens is 342 g/mol. The molecule has 6 heteroatoms. The number of benzene rings is 1. The summed E-state index contributed by atoms with van der Waals surface area (Å²) in [6, 6.07) is 11.8. The summed E-state index contributed by atoms with van der Waals surface area (Å²) >= 11 is 0. The molecule has 6 nitrogen and oxygen atoms in total. The van der Waals surface area contributed by atoms with Crippen LogP contribution in [0.2, 0.25) is 0 Å². The molecule has 0 aliphatic carbocycles. The van der Waals surface area contributed by atoms with Crippen molar-refractivity contribution in [3.8, 4) is 0 Å². The van der Waals surface area contributed by atoms with E-state index in [4.69, 9.17) is 14.3 Å². The van der Waals surface area contributed by atoms with Crippen molar-refractivity contribution in [2.24, 2.45) is 5.10 Å². The lowest BCUT2D eigenvalue weighted by molar-refractivity contribution is -0.134. The maximum Gasteiger partial charge on any atom is 0.244 e. The first-order chi connectivity index (χ1) is 13.2. The normalized spacial score (nSPS) is 20.7. The topological polar surface area (TPSA) is 58.3 Å². The summed E-state index contributed by atoms with van der Waals surface area (Å²) in [6.45, 7) is 6.05. The minimum absolute atomic E-state index is 0.0338. The van der Waals surface area contributed by atoms with Crippen molar-refractivity contribution in [2.45, 2.75) is 25.8 Å². The lowest BCUT2D eigenvalue weighted by Crippen LogP contribution is -2.39. The highest BCUT2D eigenvalue weighted by Gasteiger charge is 2.35. The molecule has 0 N–H and O–H groups in total. The quantitative estimate of drug-likeness (QED) is 0.815. The van der Waals surface area contributed by atoms with Crippen molar-refractivity contribution in [3.63, 3.8) is 0 Å². The molecular formula is C21H25N3O3. The third-order valence-electron chi connectivity index (χ3n) is 5.24. The number of ether oxygens (including phenoxy) is 1. The Labute approximate surface area is 159 Å². The first kappa shape index (κ1) is 17.9. The van der Waals surface area contributed by atoms with Crippen LogP contribution in [0.1, 0.15) is 35.8 Å². The van der Waals surface area contributed by atoms with Gasteiger partial charge in [-0.15, -0.1) is 0 Å². The highest BCUT2D eigenvalue weighted by Crippen LogP contribution is 2.34. The van der Waals surface area contributed by atoms with Crippen molar-refractivity contribution in [2.75, 3.05) is 32.8 Å². The average Bonchev–Trinajstić information content (AvgIpc) is 3.37. The summed E-state index contributed by atoms with van der Waals surface area (Å²) in [4.78, 5) is 15.2. The number of rotatable bonds is 5. The van der Waals surface area contributed by atoms with Crippen LogP contribution in [0.3, 0.4) is 0 Å². The average molecular weight is 367 g/mol. The molecule has 2 aliphatic heterocycles. The van der Waals surface area contributed by atoms with Gasteiger partial charge in [0.1, 0.15) is 11.8 Å². The van der Waals surface area contributed by atoms with Crippen LogP contribution < -0.4 is 0 Å². The van der Waals surface area contributed by atoms with Crippen LogP contribution >= 0.6 is 0 Å². The van der Waals surface area contributed by atoms with Gasteiger partial charge in [-0.1, -0.05) is 24.3 Å². The van der Waals surface area contributed by atoms with E-state index in [1.54, 1.807) is 11.3 Å². The van der Waals surface area contributed by atoms with Gasteiger partial charge in [0.15, 0.2) is 0 Å². The van der Waals surface area contributed by atoms with Crippen LogP contribution in [-0.2, 0) is 9.53 Å². The summed E-state index contributed by atoms with van der Waals surface area (Å²) in [5, 5.41) is 6.34. The van der Waals surface area contributed by atoms with Crippen LogP contribution in [0.5, 0.6) is 0 Å². The SMILES string of the molecule is Cc1ccccc1C1=NN(C(=O)CCN2CCOCC2)[C@H](c2ccco2)C1. The van der Waals surface area contributed by atoms with Crippen molar-refractivity contribution in [1.82, 2.24) is 9.91 Å². The van der Waals surface area contributed by atoms with E-state index in [1.807, 2.05) is 24.3 Å². The van der Waals surface area contributed by atoms with Gasteiger partial charge in [0.05, 0.1) is 25.2 Å². The van der Waals surface area contributed by atoms with Gasteiger partial charge in [-0.2, -0.15) is 5.10 Å². The Hall–Kier alpha value is -2.44. The Morgan fingerprint density at radius 3 is 2.74 bits per heavy atom. The zero-order valence-electron chi connectivity index (χ0n) is 15.6. The summed E-state index contributed by atoms with van der Waals surface area (Å²) in [6.07, 6.45) is 2.76. The standard InChI is InChI=1S/C21H25N3O3/c1-16-5-2-3-6-17(16)18-15-19(20-7-4-12-27-20)24(22-18)21(25)8-9-23-10-13-26-14-11-23/h2-7,12,19H,8-11,13-15H2,1H3/t19-/m0/s1. The Kier molecular flexibility index (Phi) is 5.36. The number of amides is 1. The zero-order chi connectivity index (χ0) is 18.6. The van der Waals surface area contributed by atoms with Crippen LogP contribution in [0.15, 0.2) is 52.2 Å². The van der Waals surface area contributed by atoms with Gasteiger partial charge in [0.2, 0.25) is 5.91 Å². The Morgan fingerprint density at radius 2 is 2.00 bits per heavy atom. The molecule has 0 radical (unpaired) electrons. The molecule has 142 valence electrons. The smallest absolute Gasteiger partial charge is 0.244 e. The van der Waals surface area contributed by atoms with E-state index in [-0.39, 0.29) is 11.9 Å². The number of furan rings is 1. The molecule has 2 aromatic rings. The molecule has 1 atom stereocenters. The van der Waals surface area contributed by atoms with E-state index in [1.165, 1.54) is 0 Å². The maximum absolute atomic E-state index is 13.0. The molecule has 4 rings (SSSR count). The van der Waals surface area contributed by atoms with Crippen LogP contribution in [0.4, 0.5) is 0 Å². The number of hydrazone groups is 1. The molecule has 1 amide bonds. The van der Waals surface area contributed by atoms with Gasteiger partial charge >= 0.3 is 0 Å². The number of hydrogen-bond acceptors (Lipinski definition) is 5. The lowest BCUT2D eigenvalue weighted by Gasteiger charge is -2.27. The molecule has 1 saturated heterocycles. The zero-order valence-corrected chi connectivity index (χ0v) is 15.6. The fourth-order valence-electron chi connectivity index (χ4n) is 3.70. The second kappa shape index (κ2) is 8.06. The van der Waals surface area contributed by atoms with Crippen molar-refractivity contribution < 1.29 is 13.9 Å². The second-order valence-corrected chi connectivity index (χ2v) is 7.04. The second-order valence-electron chi connectivity index (χ2n) is 7.04. The van der Waals surface area contributed by atoms with Gasteiger partial charge in [-0.3, -0.25) is 9.69 Å². The van der Waals surface area contributed by atoms with Crippen LogP contribution in [0, 0.1) is 6.92 Å². The minimum atomic E-state index is -0.174. The largest absolute Gasteiger partial charge is 0.467 e. The number of nitrogens with zero attached hydrogens (tertiary/aromatic N) is 3. The fraction of sp³-hybridized carbons (Fsp3) is 0.429. The lowest BCUT2D eigenvalue weighted by atomic mass is 9.99. The molecule has 0 saturated carbocycles. The molecule has 3 heterocycles. The van der Waals surface area contributed by atoms with Crippen LogP contribution in [0.25, 0.3) is 0 Å². The first-order valence-corrected chi connectivity index (χ1v) is 9.51. The maximum atomic E-state index is 13.0. The third-order valence-corrected chi connectivity index (χ3v) is 5.24. The molecule has 27 heavy (non-hydrogen) atoms.